The minimum atomic E-state index is -0.547. The van der Waals surface area contributed by atoms with Crippen LogP contribution in [0.5, 0.6) is 0 Å². The van der Waals surface area contributed by atoms with Crippen LogP contribution in [-0.4, -0.2) is 29.8 Å². The van der Waals surface area contributed by atoms with E-state index in [0.29, 0.717) is 0 Å². The molecule has 1 saturated carbocycles. The van der Waals surface area contributed by atoms with Crippen molar-refractivity contribution in [3.05, 3.63) is 29.8 Å². The molecule has 126 valence electrons. The van der Waals surface area contributed by atoms with Crippen molar-refractivity contribution in [2.24, 2.45) is 0 Å². The van der Waals surface area contributed by atoms with E-state index in [1.165, 1.54) is 6.42 Å². The summed E-state index contributed by atoms with van der Waals surface area (Å²) in [5.41, 5.74) is 1.65. The van der Waals surface area contributed by atoms with Crippen molar-refractivity contribution in [3.63, 3.8) is 0 Å². The fraction of sp³-hybridized carbons (Fsp3) is 0.579. The van der Waals surface area contributed by atoms with Crippen molar-refractivity contribution in [2.75, 3.05) is 12.4 Å². The van der Waals surface area contributed by atoms with Gasteiger partial charge in [0.1, 0.15) is 0 Å². The number of likely N-dealkylation sites (N-methyl/N-ethyl adjacent to an activating group) is 1. The molecule has 2 amide bonds. The molecule has 0 aromatic heterocycles. The number of nitrogens with one attached hydrogen (secondary N) is 1. The number of carbonyl (C=O) groups excluding carboxylic acids is 2. The normalized spacial score (nSPS) is 16.0. The molecule has 0 saturated heterocycles. The summed E-state index contributed by atoms with van der Waals surface area (Å²) in [4.78, 5) is 26.4. The SMILES string of the molecule is CN(C(=O)C(=O)Nc1ccccc1C(C)(C)C)C1CCCCC1. The predicted molar refractivity (Wildman–Crippen MR) is 93.4 cm³/mol. The van der Waals surface area contributed by atoms with Crippen LogP contribution in [0.3, 0.4) is 0 Å². The van der Waals surface area contributed by atoms with Crippen LogP contribution >= 0.6 is 0 Å². The van der Waals surface area contributed by atoms with Gasteiger partial charge in [0.15, 0.2) is 0 Å². The molecule has 1 aromatic rings. The maximum absolute atomic E-state index is 12.4. The molecule has 0 bridgehead atoms. The predicted octanol–water partition coefficient (Wildman–Crippen LogP) is 3.71. The van der Waals surface area contributed by atoms with Crippen LogP contribution in [-0.2, 0) is 15.0 Å². The third-order valence-electron chi connectivity index (χ3n) is 4.62. The molecular weight excluding hydrogens is 288 g/mol. The summed E-state index contributed by atoms with van der Waals surface area (Å²) in [6, 6.07) is 7.86. The average Bonchev–Trinajstić information content (AvgIpc) is 2.53. The van der Waals surface area contributed by atoms with Gasteiger partial charge in [0.05, 0.1) is 0 Å². The number of anilines is 1. The van der Waals surface area contributed by atoms with E-state index in [1.54, 1.807) is 11.9 Å². The highest BCUT2D eigenvalue weighted by Crippen LogP contribution is 2.29. The van der Waals surface area contributed by atoms with Crippen LogP contribution in [0, 0.1) is 0 Å². The van der Waals surface area contributed by atoms with Gasteiger partial charge in [0, 0.05) is 18.8 Å². The van der Waals surface area contributed by atoms with Crippen LogP contribution in [0.2, 0.25) is 0 Å². The number of hydrogen-bond donors (Lipinski definition) is 1. The molecule has 23 heavy (non-hydrogen) atoms. The van der Waals surface area contributed by atoms with Gasteiger partial charge < -0.3 is 10.2 Å². The summed E-state index contributed by atoms with van der Waals surface area (Å²) >= 11 is 0. The zero-order valence-corrected chi connectivity index (χ0v) is 14.7. The maximum atomic E-state index is 12.4. The number of para-hydroxylation sites is 1. The largest absolute Gasteiger partial charge is 0.335 e. The van der Waals surface area contributed by atoms with Crippen LogP contribution in [0.15, 0.2) is 24.3 Å². The van der Waals surface area contributed by atoms with Gasteiger partial charge >= 0.3 is 11.8 Å². The summed E-state index contributed by atoms with van der Waals surface area (Å²) < 4.78 is 0. The molecule has 4 heteroatoms. The number of rotatable bonds is 2. The molecule has 1 aromatic carbocycles. The first-order valence-corrected chi connectivity index (χ1v) is 8.48. The van der Waals surface area contributed by atoms with E-state index in [1.807, 2.05) is 24.3 Å². The molecule has 0 radical (unpaired) electrons. The summed E-state index contributed by atoms with van der Waals surface area (Å²) in [6.45, 7) is 6.27. The smallest absolute Gasteiger partial charge is 0.313 e. The molecule has 1 fully saturated rings. The lowest BCUT2D eigenvalue weighted by Gasteiger charge is -2.31. The van der Waals surface area contributed by atoms with Crippen LogP contribution < -0.4 is 5.32 Å². The minimum Gasteiger partial charge on any atom is -0.335 e. The van der Waals surface area contributed by atoms with Crippen molar-refractivity contribution in [1.29, 1.82) is 0 Å². The number of carbonyl (C=O) groups is 2. The third kappa shape index (κ3) is 4.34. The van der Waals surface area contributed by atoms with Crippen LogP contribution in [0.4, 0.5) is 5.69 Å². The highest BCUT2D eigenvalue weighted by Gasteiger charge is 2.27. The van der Waals surface area contributed by atoms with E-state index >= 15 is 0 Å². The molecule has 0 heterocycles. The summed E-state index contributed by atoms with van der Waals surface area (Å²) in [5.74, 6) is -0.990. The van der Waals surface area contributed by atoms with Gasteiger partial charge in [-0.3, -0.25) is 9.59 Å². The van der Waals surface area contributed by atoms with Crippen LogP contribution in [0.1, 0.15) is 58.4 Å². The molecule has 4 nitrogen and oxygen atoms in total. The second-order valence-electron chi connectivity index (χ2n) is 7.46. The second kappa shape index (κ2) is 7.16. The van der Waals surface area contributed by atoms with Gasteiger partial charge in [-0.25, -0.2) is 0 Å². The highest BCUT2D eigenvalue weighted by atomic mass is 16.2. The Kier molecular flexibility index (Phi) is 5.45. The first kappa shape index (κ1) is 17.5. The van der Waals surface area contributed by atoms with Gasteiger partial charge in [0.2, 0.25) is 0 Å². The minimum absolute atomic E-state index is 0.0950. The lowest BCUT2D eigenvalue weighted by molar-refractivity contribution is -0.144. The molecule has 0 aliphatic heterocycles. The number of benzene rings is 1. The van der Waals surface area contributed by atoms with Gasteiger partial charge in [-0.05, 0) is 29.9 Å². The van der Waals surface area contributed by atoms with Gasteiger partial charge in [-0.2, -0.15) is 0 Å². The average molecular weight is 316 g/mol. The molecule has 1 N–H and O–H groups in total. The Hall–Kier alpha value is -1.84. The van der Waals surface area contributed by atoms with Crippen molar-refractivity contribution < 1.29 is 9.59 Å². The standard InChI is InChI=1S/C19H28N2O2/c1-19(2,3)15-12-8-9-13-16(15)20-17(22)18(23)21(4)14-10-6-5-7-11-14/h8-9,12-14H,5-7,10-11H2,1-4H3,(H,20,22). The Morgan fingerprint density at radius 3 is 2.30 bits per heavy atom. The van der Waals surface area contributed by atoms with Gasteiger partial charge in [-0.15, -0.1) is 0 Å². The van der Waals surface area contributed by atoms with E-state index in [-0.39, 0.29) is 11.5 Å². The summed E-state index contributed by atoms with van der Waals surface area (Å²) in [5, 5.41) is 2.81. The first-order valence-electron chi connectivity index (χ1n) is 8.48. The third-order valence-corrected chi connectivity index (χ3v) is 4.62. The van der Waals surface area contributed by atoms with Gasteiger partial charge in [-0.1, -0.05) is 58.2 Å². The zero-order valence-electron chi connectivity index (χ0n) is 14.7. The molecule has 0 unspecified atom stereocenters. The Bertz CT molecular complexity index is 569. The quantitative estimate of drug-likeness (QED) is 0.846. The van der Waals surface area contributed by atoms with Crippen molar-refractivity contribution >= 4 is 17.5 Å². The van der Waals surface area contributed by atoms with Gasteiger partial charge in [0.25, 0.3) is 0 Å². The fourth-order valence-electron chi connectivity index (χ4n) is 3.22. The molecular formula is C19H28N2O2. The van der Waals surface area contributed by atoms with Crippen molar-refractivity contribution in [1.82, 2.24) is 4.90 Å². The molecule has 1 aliphatic rings. The molecule has 0 atom stereocenters. The monoisotopic (exact) mass is 316 g/mol. The Balaban J connectivity index is 2.08. The lowest BCUT2D eigenvalue weighted by atomic mass is 9.86. The highest BCUT2D eigenvalue weighted by molar-refractivity contribution is 6.39. The number of nitrogens with zero attached hydrogens (tertiary/aromatic N) is 1. The lowest BCUT2D eigenvalue weighted by Crippen LogP contribution is -2.44. The van der Waals surface area contributed by atoms with Crippen molar-refractivity contribution in [3.8, 4) is 0 Å². The number of hydrogen-bond acceptors (Lipinski definition) is 2. The van der Waals surface area contributed by atoms with E-state index in [9.17, 15) is 9.59 Å². The molecule has 1 aliphatic carbocycles. The zero-order chi connectivity index (χ0) is 17.0. The van der Waals surface area contributed by atoms with Crippen LogP contribution in [0.25, 0.3) is 0 Å². The Labute approximate surface area is 139 Å². The van der Waals surface area contributed by atoms with E-state index in [2.05, 4.69) is 26.1 Å². The van der Waals surface area contributed by atoms with E-state index in [0.717, 1.165) is 36.9 Å². The molecule has 2 rings (SSSR count). The second-order valence-corrected chi connectivity index (χ2v) is 7.46. The topological polar surface area (TPSA) is 49.4 Å². The molecule has 0 spiro atoms. The fourth-order valence-corrected chi connectivity index (χ4v) is 3.22. The number of amides is 2. The first-order chi connectivity index (χ1) is 10.8. The Morgan fingerprint density at radius 2 is 1.70 bits per heavy atom. The summed E-state index contributed by atoms with van der Waals surface area (Å²) in [6.07, 6.45) is 5.49. The van der Waals surface area contributed by atoms with Crippen molar-refractivity contribution in [2.45, 2.75) is 64.3 Å². The van der Waals surface area contributed by atoms with E-state index in [4.69, 9.17) is 0 Å². The van der Waals surface area contributed by atoms with E-state index < -0.39 is 11.8 Å². The summed E-state index contributed by atoms with van der Waals surface area (Å²) in [7, 11) is 1.74. The Morgan fingerprint density at radius 1 is 1.09 bits per heavy atom. The maximum Gasteiger partial charge on any atom is 0.313 e.